The quantitative estimate of drug-likeness (QED) is 0.179. The van der Waals surface area contributed by atoms with E-state index < -0.39 is 0 Å². The van der Waals surface area contributed by atoms with Crippen molar-refractivity contribution in [3.63, 3.8) is 0 Å². The van der Waals surface area contributed by atoms with Gasteiger partial charge in [0.1, 0.15) is 12.4 Å². The highest BCUT2D eigenvalue weighted by atomic mass is 79.9. The van der Waals surface area contributed by atoms with E-state index in [1.165, 1.54) is 4.68 Å². The Morgan fingerprint density at radius 2 is 1.81 bits per heavy atom. The molecule has 37 heavy (non-hydrogen) atoms. The van der Waals surface area contributed by atoms with Gasteiger partial charge >= 0.3 is 0 Å². The first-order valence-electron chi connectivity index (χ1n) is 11.0. The first-order chi connectivity index (χ1) is 17.6. The molecule has 0 radical (unpaired) electrons. The van der Waals surface area contributed by atoms with E-state index in [9.17, 15) is 4.79 Å². The van der Waals surface area contributed by atoms with Gasteiger partial charge < -0.3 is 9.47 Å². The zero-order chi connectivity index (χ0) is 26.9. The maximum Gasteiger partial charge on any atom is 0.282 e. The minimum absolute atomic E-state index is 0.0280. The second-order valence-corrected chi connectivity index (χ2v) is 11.6. The number of methoxy groups -OCH3 is 1. The second-order valence-electron chi connectivity index (χ2n) is 8.31. The summed E-state index contributed by atoms with van der Waals surface area (Å²) in [5.41, 5.74) is 1.88. The number of rotatable bonds is 7. The molecular weight excluding hydrogens is 713 g/mol. The van der Waals surface area contributed by atoms with E-state index >= 15 is 0 Å². The molecule has 0 aliphatic carbocycles. The number of benzene rings is 3. The number of fused-ring (bicyclic) bond motifs is 1. The van der Waals surface area contributed by atoms with Crippen LogP contribution in [0.4, 0.5) is 0 Å². The Bertz CT molecular complexity index is 1590. The summed E-state index contributed by atoms with van der Waals surface area (Å²) in [4.78, 5) is 18.0. The third kappa shape index (κ3) is 6.06. The molecule has 0 bridgehead atoms. The van der Waals surface area contributed by atoms with Crippen LogP contribution in [0.25, 0.3) is 10.9 Å². The van der Waals surface area contributed by atoms with Crippen molar-refractivity contribution in [3.05, 3.63) is 93.2 Å². The molecule has 0 unspecified atom stereocenters. The lowest BCUT2D eigenvalue weighted by molar-refractivity contribution is 0.282. The first kappa shape index (κ1) is 28.1. The lowest BCUT2D eigenvalue weighted by Gasteiger charge is -2.16. The normalized spacial score (nSPS) is 11.6. The van der Waals surface area contributed by atoms with Gasteiger partial charge in [-0.1, -0.05) is 59.0 Å². The third-order valence-corrected chi connectivity index (χ3v) is 8.78. The van der Waals surface area contributed by atoms with Gasteiger partial charge in [0.2, 0.25) is 0 Å². The van der Waals surface area contributed by atoms with E-state index in [1.807, 2.05) is 32.0 Å². The molecule has 1 aromatic heterocycles. The van der Waals surface area contributed by atoms with Crippen LogP contribution in [-0.4, -0.2) is 23.0 Å². The average molecular weight is 733 g/mol. The van der Waals surface area contributed by atoms with Gasteiger partial charge in [-0.3, -0.25) is 4.79 Å². The number of hydrogen-bond donors (Lipinski definition) is 0. The maximum absolute atomic E-state index is 13.3. The summed E-state index contributed by atoms with van der Waals surface area (Å²) in [5, 5.41) is 5.92. The Balaban J connectivity index is 1.72. The van der Waals surface area contributed by atoms with Crippen LogP contribution in [0.2, 0.25) is 10.0 Å². The second kappa shape index (κ2) is 11.9. The molecule has 0 saturated heterocycles. The van der Waals surface area contributed by atoms with Crippen LogP contribution in [0, 0.1) is 0 Å². The van der Waals surface area contributed by atoms with Crippen molar-refractivity contribution in [1.82, 2.24) is 9.66 Å². The molecule has 3 aromatic carbocycles. The molecule has 0 saturated carbocycles. The van der Waals surface area contributed by atoms with Crippen LogP contribution in [-0.2, 0) is 6.61 Å². The summed E-state index contributed by atoms with van der Waals surface area (Å²) >= 11 is 22.8. The Hall–Kier alpha value is -1.91. The van der Waals surface area contributed by atoms with E-state index in [-0.39, 0.29) is 18.1 Å². The minimum atomic E-state index is -0.255. The number of halogens is 5. The molecule has 4 rings (SSSR count). The zero-order valence-electron chi connectivity index (χ0n) is 19.9. The van der Waals surface area contributed by atoms with Crippen molar-refractivity contribution in [1.29, 1.82) is 0 Å². The zero-order valence-corrected chi connectivity index (χ0v) is 26.1. The number of aromatic nitrogens is 2. The van der Waals surface area contributed by atoms with E-state index in [1.54, 1.807) is 37.6 Å². The molecule has 11 heteroatoms. The highest BCUT2D eigenvalue weighted by molar-refractivity contribution is 9.13. The van der Waals surface area contributed by atoms with Crippen LogP contribution in [0.1, 0.15) is 36.7 Å². The van der Waals surface area contributed by atoms with Crippen LogP contribution in [0.5, 0.6) is 11.5 Å². The molecular formula is C26H20Br3Cl2N3O3. The molecule has 0 spiro atoms. The summed E-state index contributed by atoms with van der Waals surface area (Å²) in [6.07, 6.45) is 1.58. The van der Waals surface area contributed by atoms with Gasteiger partial charge in [0.15, 0.2) is 11.5 Å². The van der Waals surface area contributed by atoms with Gasteiger partial charge in [-0.2, -0.15) is 9.78 Å². The van der Waals surface area contributed by atoms with E-state index in [0.29, 0.717) is 52.8 Å². The lowest BCUT2D eigenvalue weighted by atomic mass is 10.2. The number of ether oxygens (including phenoxy) is 2. The fourth-order valence-electron chi connectivity index (χ4n) is 3.54. The van der Waals surface area contributed by atoms with Crippen LogP contribution < -0.4 is 15.0 Å². The summed E-state index contributed by atoms with van der Waals surface area (Å²) in [7, 11) is 1.55. The Labute approximate surface area is 249 Å². The fraction of sp³-hybridized carbons (Fsp3) is 0.192. The first-order valence-corrected chi connectivity index (χ1v) is 14.1. The summed E-state index contributed by atoms with van der Waals surface area (Å²) in [6.45, 7) is 4.18. The van der Waals surface area contributed by atoms with E-state index in [0.717, 1.165) is 10.0 Å². The van der Waals surface area contributed by atoms with Gasteiger partial charge in [-0.25, -0.2) is 4.98 Å². The Morgan fingerprint density at radius 1 is 1.05 bits per heavy atom. The summed E-state index contributed by atoms with van der Waals surface area (Å²) in [5.74, 6) is 1.50. The molecule has 6 nitrogen and oxygen atoms in total. The van der Waals surface area contributed by atoms with Gasteiger partial charge in [0.25, 0.3) is 5.56 Å². The number of hydrogen-bond acceptors (Lipinski definition) is 5. The predicted octanol–water partition coefficient (Wildman–Crippen LogP) is 8.58. The Morgan fingerprint density at radius 3 is 2.49 bits per heavy atom. The molecule has 0 aliphatic rings. The highest BCUT2D eigenvalue weighted by Crippen LogP contribution is 2.42. The number of nitrogens with zero attached hydrogens (tertiary/aromatic N) is 3. The molecule has 1 heterocycles. The highest BCUT2D eigenvalue weighted by Gasteiger charge is 2.18. The lowest BCUT2D eigenvalue weighted by Crippen LogP contribution is -2.23. The van der Waals surface area contributed by atoms with Crippen molar-refractivity contribution in [3.8, 4) is 11.5 Å². The molecule has 0 aliphatic heterocycles. The van der Waals surface area contributed by atoms with Gasteiger partial charge in [-0.05, 0) is 73.8 Å². The van der Waals surface area contributed by atoms with Gasteiger partial charge in [-0.15, -0.1) is 0 Å². The van der Waals surface area contributed by atoms with Gasteiger partial charge in [0, 0.05) is 20.4 Å². The monoisotopic (exact) mass is 729 g/mol. The van der Waals surface area contributed by atoms with Crippen molar-refractivity contribution in [2.75, 3.05) is 7.11 Å². The minimum Gasteiger partial charge on any atom is -0.493 e. The Kier molecular flexibility index (Phi) is 9.01. The molecule has 192 valence electrons. The summed E-state index contributed by atoms with van der Waals surface area (Å²) < 4.78 is 15.1. The van der Waals surface area contributed by atoms with Crippen molar-refractivity contribution in [2.24, 2.45) is 5.10 Å². The van der Waals surface area contributed by atoms with Gasteiger partial charge in [0.05, 0.1) is 38.7 Å². The molecule has 0 fully saturated rings. The van der Waals surface area contributed by atoms with Crippen molar-refractivity contribution in [2.45, 2.75) is 26.4 Å². The smallest absolute Gasteiger partial charge is 0.282 e. The van der Waals surface area contributed by atoms with E-state index in [4.69, 9.17) is 32.7 Å². The average Bonchev–Trinajstić information content (AvgIpc) is 2.87. The fourth-order valence-corrected chi connectivity index (χ4v) is 5.16. The molecule has 0 N–H and O–H groups in total. The van der Waals surface area contributed by atoms with Crippen LogP contribution in [0.15, 0.2) is 65.8 Å². The van der Waals surface area contributed by atoms with E-state index in [2.05, 4.69) is 57.9 Å². The molecule has 4 aromatic rings. The topological polar surface area (TPSA) is 65.7 Å². The molecule has 0 amide bonds. The third-order valence-electron chi connectivity index (χ3n) is 5.41. The summed E-state index contributed by atoms with van der Waals surface area (Å²) in [6, 6.07) is 12.5. The standard InChI is InChI=1S/C26H20Br3Cl2N3O3/c1-13(2)25-33-20-7-5-16(27)10-17(20)26(35)34(25)32-11-15-9-21(36-3)24(23(29)22(15)28)37-12-14-4-6-18(30)19(31)8-14/h4-11,13H,12H2,1-3H3. The van der Waals surface area contributed by atoms with Crippen LogP contribution >= 0.6 is 71.0 Å². The van der Waals surface area contributed by atoms with Crippen molar-refractivity contribution < 1.29 is 9.47 Å². The molecule has 0 atom stereocenters. The van der Waals surface area contributed by atoms with Crippen molar-refractivity contribution >= 4 is 88.1 Å². The predicted molar refractivity (Wildman–Crippen MR) is 160 cm³/mol. The maximum atomic E-state index is 13.3. The largest absolute Gasteiger partial charge is 0.493 e. The SMILES string of the molecule is COc1cc(C=Nn2c(C(C)C)nc3ccc(Br)cc3c2=O)c(Br)c(Br)c1OCc1ccc(Cl)c(Cl)c1. The van der Waals surface area contributed by atoms with Crippen LogP contribution in [0.3, 0.4) is 0 Å².